The Kier molecular flexibility index (Phi) is 17.0. The van der Waals surface area contributed by atoms with Crippen molar-refractivity contribution in [2.45, 2.75) is 150 Å². The van der Waals surface area contributed by atoms with Crippen molar-refractivity contribution in [3.63, 3.8) is 0 Å². The highest BCUT2D eigenvalue weighted by Gasteiger charge is 2.38. The summed E-state index contributed by atoms with van der Waals surface area (Å²) in [5, 5.41) is 22.9. The molecule has 3 unspecified atom stereocenters. The second kappa shape index (κ2) is 22.7. The second-order valence-corrected chi connectivity index (χ2v) is 18.5. The van der Waals surface area contributed by atoms with Gasteiger partial charge >= 0.3 is 12.1 Å². The van der Waals surface area contributed by atoms with E-state index in [9.17, 15) is 32.3 Å². The molecule has 70 heavy (non-hydrogen) atoms. The van der Waals surface area contributed by atoms with Crippen LogP contribution >= 0.6 is 0 Å². The number of likely N-dealkylation sites (tertiary alicyclic amines) is 1. The molecule has 384 valence electrons. The number of anilines is 4. The van der Waals surface area contributed by atoms with Crippen molar-refractivity contribution in [2.75, 3.05) is 70.3 Å². The summed E-state index contributed by atoms with van der Waals surface area (Å²) < 4.78 is 63.8. The molecule has 0 spiro atoms. The maximum Gasteiger partial charge on any atom is 0.409 e. The van der Waals surface area contributed by atoms with Crippen LogP contribution in [0.1, 0.15) is 148 Å². The summed E-state index contributed by atoms with van der Waals surface area (Å²) in [5.41, 5.74) is 7.81. The van der Waals surface area contributed by atoms with E-state index in [0.29, 0.717) is 87.1 Å². The number of fused-ring (bicyclic) bond motifs is 4. The molecule has 4 aromatic rings. The van der Waals surface area contributed by atoms with E-state index in [2.05, 4.69) is 31.9 Å². The summed E-state index contributed by atoms with van der Waals surface area (Å²) in [6.45, 7) is 16.5. The van der Waals surface area contributed by atoms with Crippen LogP contribution in [0.3, 0.4) is 0 Å². The number of carbonyl (C=O) groups excluding carboxylic acids is 2. The molecule has 20 heteroatoms. The summed E-state index contributed by atoms with van der Waals surface area (Å²) in [6.07, 6.45) is 1.92. The third-order valence-electron chi connectivity index (χ3n) is 14.3. The molecule has 10 rings (SSSR count). The minimum Gasteiger partial charge on any atom is -0.453 e. The van der Waals surface area contributed by atoms with E-state index < -0.39 is 12.9 Å². The second-order valence-electron chi connectivity index (χ2n) is 18.5. The van der Waals surface area contributed by atoms with Gasteiger partial charge in [-0.05, 0) is 90.9 Å². The first-order valence-corrected chi connectivity index (χ1v) is 25.2. The van der Waals surface area contributed by atoms with Gasteiger partial charge in [-0.3, -0.25) is 19.3 Å². The van der Waals surface area contributed by atoms with Crippen molar-refractivity contribution in [1.82, 2.24) is 49.5 Å². The lowest BCUT2D eigenvalue weighted by Crippen LogP contribution is -2.42. The van der Waals surface area contributed by atoms with Gasteiger partial charge in [0.25, 0.3) is 12.9 Å². The van der Waals surface area contributed by atoms with E-state index in [1.165, 1.54) is 7.11 Å². The summed E-state index contributed by atoms with van der Waals surface area (Å²) in [4.78, 5) is 43.5. The van der Waals surface area contributed by atoms with Crippen molar-refractivity contribution in [3.8, 4) is 0 Å². The van der Waals surface area contributed by atoms with Crippen LogP contribution in [0, 0.1) is 13.8 Å². The standard InChI is InChI=1S/2C23H30F2N6O2.2C2H6/c1-14-16(21(24)25)11-20-18(26-14)5-4-8-30(20)22-17-13-29(23(32)33-3)10-7-19(17)31(27-22)15-6-9-28(2)12-15;1-13-16(21(24)25)11-20-18(27-13)4-3-8-30(20)22-17-12-29(23(33)26-2)9-7-19(17)31(28-22)14-5-6-15(32)10-14;2*1-2/h11,15,21H,4-10,12-13H2,1-3H3;11,14-15,21,32H,3-10,12H2,1-2H3,(H,26,33);2*1-2H3. The average Bonchev–Trinajstić information content (AvgIpc) is 4.18. The molecule has 1 saturated heterocycles. The quantitative estimate of drug-likeness (QED) is 0.178. The number of aliphatic hydroxyl groups is 1. The normalized spacial score (nSPS) is 20.6. The highest BCUT2D eigenvalue weighted by molar-refractivity contribution is 5.76. The Morgan fingerprint density at radius 3 is 1.66 bits per heavy atom. The van der Waals surface area contributed by atoms with Gasteiger partial charge in [-0.2, -0.15) is 10.2 Å². The predicted octanol–water partition coefficient (Wildman–Crippen LogP) is 9.05. The van der Waals surface area contributed by atoms with Gasteiger partial charge in [-0.1, -0.05) is 27.7 Å². The molecule has 3 atom stereocenters. The van der Waals surface area contributed by atoms with Gasteiger partial charge in [0.05, 0.1) is 61.1 Å². The molecular formula is C50H72F4N12O4. The van der Waals surface area contributed by atoms with E-state index in [1.54, 1.807) is 42.8 Å². The lowest BCUT2D eigenvalue weighted by Gasteiger charge is -2.32. The fourth-order valence-electron chi connectivity index (χ4n) is 10.9. The molecule has 1 aliphatic carbocycles. The molecule has 16 nitrogen and oxygen atoms in total. The molecule has 5 aliphatic heterocycles. The number of pyridine rings is 2. The first-order chi connectivity index (χ1) is 33.7. The number of likely N-dealkylation sites (N-methyl/N-ethyl adjacent to an activating group) is 1. The number of carbonyl (C=O) groups is 2. The number of nitrogens with one attached hydrogen (secondary N) is 1. The van der Waals surface area contributed by atoms with Gasteiger partial charge in [0.1, 0.15) is 0 Å². The van der Waals surface area contributed by atoms with Crippen LogP contribution in [0.5, 0.6) is 0 Å². The first kappa shape index (κ1) is 52.3. The number of rotatable bonds is 6. The summed E-state index contributed by atoms with van der Waals surface area (Å²) >= 11 is 0. The van der Waals surface area contributed by atoms with Crippen LogP contribution in [0.15, 0.2) is 12.1 Å². The van der Waals surface area contributed by atoms with Gasteiger partial charge in [0.15, 0.2) is 11.6 Å². The lowest BCUT2D eigenvalue weighted by atomic mass is 10.0. The highest BCUT2D eigenvalue weighted by atomic mass is 19.3. The minimum atomic E-state index is -2.60. The molecule has 0 bridgehead atoms. The SMILES string of the molecule is CC.CC.CNC(=O)N1CCc2c(c(N3CCCc4nc(C)c(C(F)F)cc43)nn2C2CCC(O)C2)C1.COC(=O)N1CCc2c(c(N3CCCc4nc(C)c(C(F)F)cc43)nn2C2CCN(C)C2)C1. The molecule has 9 heterocycles. The van der Waals surface area contributed by atoms with Crippen LogP contribution in [-0.4, -0.2) is 128 Å². The van der Waals surface area contributed by atoms with Crippen molar-refractivity contribution in [1.29, 1.82) is 0 Å². The van der Waals surface area contributed by atoms with Crippen LogP contribution in [-0.2, 0) is 43.5 Å². The maximum absolute atomic E-state index is 13.7. The Hall–Kier alpha value is -5.50. The number of ether oxygens (including phenoxy) is 1. The molecule has 4 aromatic heterocycles. The molecule has 6 aliphatic rings. The number of aryl methyl sites for hydroxylation is 4. The Labute approximate surface area is 409 Å². The molecule has 3 amide bonds. The van der Waals surface area contributed by atoms with Crippen LogP contribution < -0.4 is 15.1 Å². The first-order valence-electron chi connectivity index (χ1n) is 25.2. The van der Waals surface area contributed by atoms with Crippen molar-refractivity contribution in [2.24, 2.45) is 0 Å². The number of aliphatic hydroxyl groups excluding tert-OH is 1. The number of hydrogen-bond donors (Lipinski definition) is 2. The van der Waals surface area contributed by atoms with Gasteiger partial charge in [-0.25, -0.2) is 27.2 Å². The topological polar surface area (TPSA) is 153 Å². The van der Waals surface area contributed by atoms with Crippen LogP contribution in [0.2, 0.25) is 0 Å². The Bertz CT molecular complexity index is 2310. The maximum atomic E-state index is 13.7. The molecule has 0 aromatic carbocycles. The number of aromatic nitrogens is 6. The Balaban J connectivity index is 0.000000193. The summed E-state index contributed by atoms with van der Waals surface area (Å²) in [7, 11) is 5.11. The third kappa shape index (κ3) is 10.4. The van der Waals surface area contributed by atoms with Crippen molar-refractivity contribution in [3.05, 3.63) is 68.6 Å². The van der Waals surface area contributed by atoms with Gasteiger partial charge in [-0.15, -0.1) is 0 Å². The largest absolute Gasteiger partial charge is 0.453 e. The molecule has 1 saturated carbocycles. The summed E-state index contributed by atoms with van der Waals surface area (Å²) in [5.74, 6) is 1.46. The average molecular weight is 981 g/mol. The number of urea groups is 1. The molecule has 2 fully saturated rings. The summed E-state index contributed by atoms with van der Waals surface area (Å²) in [6, 6.07) is 3.36. The van der Waals surface area contributed by atoms with E-state index in [4.69, 9.17) is 14.9 Å². The zero-order valence-corrected chi connectivity index (χ0v) is 42.4. The molecular weight excluding hydrogens is 909 g/mol. The number of methoxy groups -OCH3 is 1. The van der Waals surface area contributed by atoms with Crippen molar-refractivity contribution < 1.29 is 37.0 Å². The van der Waals surface area contributed by atoms with Gasteiger partial charge in [0.2, 0.25) is 0 Å². The zero-order chi connectivity index (χ0) is 50.6. The Morgan fingerprint density at radius 1 is 0.714 bits per heavy atom. The van der Waals surface area contributed by atoms with E-state index >= 15 is 0 Å². The van der Waals surface area contributed by atoms with Gasteiger partial charge < -0.3 is 39.7 Å². The monoisotopic (exact) mass is 981 g/mol. The fourth-order valence-corrected chi connectivity index (χ4v) is 10.9. The number of amides is 3. The fraction of sp³-hybridized carbons (Fsp3) is 0.640. The van der Waals surface area contributed by atoms with Crippen LogP contribution in [0.4, 0.5) is 50.2 Å². The molecule has 2 N–H and O–H groups in total. The van der Waals surface area contributed by atoms with Gasteiger partial charge in [0, 0.05) is 97.6 Å². The number of alkyl halides is 4. The number of nitrogens with zero attached hydrogens (tertiary/aromatic N) is 11. The minimum absolute atomic E-state index is 0.0393. The van der Waals surface area contributed by atoms with Crippen molar-refractivity contribution >= 4 is 35.1 Å². The Morgan fingerprint density at radius 2 is 1.21 bits per heavy atom. The van der Waals surface area contributed by atoms with E-state index in [1.807, 2.05) is 42.2 Å². The lowest BCUT2D eigenvalue weighted by molar-refractivity contribution is 0.118. The van der Waals surface area contributed by atoms with E-state index in [0.717, 1.165) is 97.8 Å². The van der Waals surface area contributed by atoms with Crippen LogP contribution in [0.25, 0.3) is 0 Å². The zero-order valence-electron chi connectivity index (χ0n) is 42.4. The van der Waals surface area contributed by atoms with E-state index in [-0.39, 0.29) is 41.4 Å². The molecule has 0 radical (unpaired) electrons. The smallest absolute Gasteiger partial charge is 0.409 e. The highest BCUT2D eigenvalue weighted by Crippen LogP contribution is 2.43. The number of halogens is 4. The third-order valence-corrected chi connectivity index (χ3v) is 14.3. The number of hydrogen-bond acceptors (Lipinski definition) is 11. The predicted molar refractivity (Wildman–Crippen MR) is 261 cm³/mol.